The average Bonchev–Trinajstić information content (AvgIpc) is 3.24. The molecule has 3 rings (SSSR count). The molecule has 26 heavy (non-hydrogen) atoms. The molecule has 1 saturated carbocycles. The monoisotopic (exact) mass is 360 g/mol. The van der Waals surface area contributed by atoms with Crippen LogP contribution in [0.1, 0.15) is 44.9 Å². The highest BCUT2D eigenvalue weighted by molar-refractivity contribution is 5.99. The number of anilines is 2. The van der Waals surface area contributed by atoms with Crippen LogP contribution in [0, 0.1) is 5.41 Å². The normalized spacial score (nSPS) is 18.8. The summed E-state index contributed by atoms with van der Waals surface area (Å²) in [5, 5.41) is 12.3. The van der Waals surface area contributed by atoms with Crippen LogP contribution in [0.2, 0.25) is 0 Å². The number of ether oxygens (including phenoxy) is 1. The summed E-state index contributed by atoms with van der Waals surface area (Å²) in [5.41, 5.74) is 0.204. The lowest BCUT2D eigenvalue weighted by Gasteiger charge is -2.23. The molecule has 0 spiro atoms. The van der Waals surface area contributed by atoms with Crippen LogP contribution in [-0.4, -0.2) is 36.5 Å². The zero-order chi connectivity index (χ0) is 18.7. The molecule has 1 aliphatic carbocycles. The number of benzene rings is 1. The van der Waals surface area contributed by atoms with Gasteiger partial charge in [-0.1, -0.05) is 12.8 Å². The number of rotatable bonds is 6. The minimum atomic E-state index is -0.954. The molecule has 7 nitrogen and oxygen atoms in total. The van der Waals surface area contributed by atoms with Gasteiger partial charge in [0.05, 0.1) is 18.2 Å². The highest BCUT2D eigenvalue weighted by Crippen LogP contribution is 2.42. The summed E-state index contributed by atoms with van der Waals surface area (Å²) in [6.45, 7) is 0.620. The highest BCUT2D eigenvalue weighted by atomic mass is 16.5. The summed E-state index contributed by atoms with van der Waals surface area (Å²) in [6.07, 6.45) is 4.00. The van der Waals surface area contributed by atoms with Gasteiger partial charge in [-0.15, -0.1) is 0 Å². The van der Waals surface area contributed by atoms with Gasteiger partial charge in [0.2, 0.25) is 11.8 Å². The molecule has 2 amide bonds. The lowest BCUT2D eigenvalue weighted by atomic mass is 9.82. The molecule has 0 unspecified atom stereocenters. The van der Waals surface area contributed by atoms with Crippen LogP contribution in [0.3, 0.4) is 0 Å². The Morgan fingerprint density at radius 2 is 2.00 bits per heavy atom. The first-order chi connectivity index (χ1) is 12.4. The molecule has 7 heteroatoms. The lowest BCUT2D eigenvalue weighted by molar-refractivity contribution is -0.150. The van der Waals surface area contributed by atoms with Crippen molar-refractivity contribution in [3.05, 3.63) is 18.2 Å². The zero-order valence-corrected chi connectivity index (χ0v) is 14.9. The van der Waals surface area contributed by atoms with Crippen LogP contribution in [0.4, 0.5) is 11.4 Å². The maximum absolute atomic E-state index is 12.4. The fourth-order valence-electron chi connectivity index (χ4n) is 3.91. The van der Waals surface area contributed by atoms with Gasteiger partial charge < -0.3 is 20.1 Å². The summed E-state index contributed by atoms with van der Waals surface area (Å²) in [7, 11) is 1.54. The molecule has 1 aromatic carbocycles. The van der Waals surface area contributed by atoms with E-state index in [1.807, 2.05) is 0 Å². The predicted molar refractivity (Wildman–Crippen MR) is 96.4 cm³/mol. The highest BCUT2D eigenvalue weighted by Gasteiger charge is 2.43. The maximum Gasteiger partial charge on any atom is 0.310 e. The second kappa shape index (κ2) is 7.35. The standard InChI is InChI=1S/C19H24N2O5/c1-26-15-7-6-13(11-14(15)21-10-4-5-17(21)23)20-16(22)12-19(18(24)25)8-2-3-9-19/h6-7,11H,2-5,8-10,12H2,1H3,(H,20,22)(H,24,25). The van der Waals surface area contributed by atoms with Gasteiger partial charge in [-0.3, -0.25) is 14.4 Å². The number of methoxy groups -OCH3 is 1. The first-order valence-electron chi connectivity index (χ1n) is 8.97. The van der Waals surface area contributed by atoms with Crippen LogP contribution in [0.25, 0.3) is 0 Å². The number of nitrogens with one attached hydrogen (secondary N) is 1. The summed E-state index contributed by atoms with van der Waals surface area (Å²) >= 11 is 0. The molecule has 1 saturated heterocycles. The molecule has 2 aliphatic rings. The number of nitrogens with zero attached hydrogens (tertiary/aromatic N) is 1. The first-order valence-corrected chi connectivity index (χ1v) is 8.97. The molecule has 0 radical (unpaired) electrons. The Kier molecular flexibility index (Phi) is 5.15. The van der Waals surface area contributed by atoms with Crippen LogP contribution >= 0.6 is 0 Å². The third kappa shape index (κ3) is 3.52. The van der Waals surface area contributed by atoms with Crippen molar-refractivity contribution in [1.82, 2.24) is 0 Å². The Labute approximate surface area is 152 Å². The van der Waals surface area contributed by atoms with Crippen molar-refractivity contribution in [3.8, 4) is 5.75 Å². The van der Waals surface area contributed by atoms with Crippen LogP contribution in [0.15, 0.2) is 18.2 Å². The number of carboxylic acids is 1. The third-order valence-corrected chi connectivity index (χ3v) is 5.34. The van der Waals surface area contributed by atoms with Gasteiger partial charge in [-0.05, 0) is 37.5 Å². The molecule has 2 fully saturated rings. The van der Waals surface area contributed by atoms with Gasteiger partial charge in [0.15, 0.2) is 0 Å². The van der Waals surface area contributed by atoms with Gasteiger partial charge in [0.1, 0.15) is 5.75 Å². The number of aliphatic carboxylic acids is 1. The van der Waals surface area contributed by atoms with Crippen molar-refractivity contribution >= 4 is 29.2 Å². The topological polar surface area (TPSA) is 95.9 Å². The van der Waals surface area contributed by atoms with Crippen LogP contribution in [-0.2, 0) is 14.4 Å². The molecule has 1 heterocycles. The number of carboxylic acid groups (broad SMARTS) is 1. The minimum absolute atomic E-state index is 0.0302. The molecular formula is C19H24N2O5. The van der Waals surface area contributed by atoms with Gasteiger partial charge in [-0.25, -0.2) is 0 Å². The van der Waals surface area contributed by atoms with Gasteiger partial charge in [0, 0.05) is 25.1 Å². The third-order valence-electron chi connectivity index (χ3n) is 5.34. The van der Waals surface area contributed by atoms with Crippen molar-refractivity contribution in [2.24, 2.45) is 5.41 Å². The summed E-state index contributed by atoms with van der Waals surface area (Å²) in [5.74, 6) is -0.625. The van der Waals surface area contributed by atoms with Crippen molar-refractivity contribution in [3.63, 3.8) is 0 Å². The smallest absolute Gasteiger partial charge is 0.310 e. The second-order valence-corrected chi connectivity index (χ2v) is 7.05. The van der Waals surface area contributed by atoms with Crippen LogP contribution < -0.4 is 15.0 Å². The van der Waals surface area contributed by atoms with Crippen molar-refractivity contribution in [2.75, 3.05) is 23.9 Å². The summed E-state index contributed by atoms with van der Waals surface area (Å²) < 4.78 is 5.34. The van der Waals surface area contributed by atoms with Crippen LogP contribution in [0.5, 0.6) is 5.75 Å². The first kappa shape index (κ1) is 18.2. The predicted octanol–water partition coefficient (Wildman–Crippen LogP) is 2.80. The van der Waals surface area contributed by atoms with Crippen molar-refractivity contribution < 1.29 is 24.2 Å². The van der Waals surface area contributed by atoms with Crippen molar-refractivity contribution in [2.45, 2.75) is 44.9 Å². The van der Waals surface area contributed by atoms with E-state index >= 15 is 0 Å². The van der Waals surface area contributed by atoms with E-state index in [1.165, 1.54) is 7.11 Å². The lowest BCUT2D eigenvalue weighted by Crippen LogP contribution is -2.32. The average molecular weight is 360 g/mol. The quantitative estimate of drug-likeness (QED) is 0.813. The Balaban J connectivity index is 1.76. The Bertz CT molecular complexity index is 725. The Morgan fingerprint density at radius 3 is 2.58 bits per heavy atom. The molecule has 0 atom stereocenters. The summed E-state index contributed by atoms with van der Waals surface area (Å²) in [4.78, 5) is 37.8. The summed E-state index contributed by atoms with van der Waals surface area (Å²) in [6, 6.07) is 5.12. The molecule has 140 valence electrons. The molecule has 0 aromatic heterocycles. The van der Waals surface area contributed by atoms with E-state index in [4.69, 9.17) is 4.74 Å². The number of amides is 2. The SMILES string of the molecule is COc1ccc(NC(=O)CC2(C(=O)O)CCCC2)cc1N1CCCC1=O. The van der Waals surface area contributed by atoms with E-state index in [1.54, 1.807) is 23.1 Å². The largest absolute Gasteiger partial charge is 0.495 e. The number of carbonyl (C=O) groups excluding carboxylic acids is 2. The second-order valence-electron chi connectivity index (χ2n) is 7.05. The van der Waals surface area contributed by atoms with E-state index < -0.39 is 11.4 Å². The molecule has 1 aliphatic heterocycles. The zero-order valence-electron chi connectivity index (χ0n) is 14.9. The van der Waals surface area contributed by atoms with E-state index in [9.17, 15) is 19.5 Å². The van der Waals surface area contributed by atoms with E-state index in [0.717, 1.165) is 19.3 Å². The van der Waals surface area contributed by atoms with Gasteiger partial charge >= 0.3 is 5.97 Å². The van der Waals surface area contributed by atoms with Gasteiger partial charge in [0.25, 0.3) is 0 Å². The van der Waals surface area contributed by atoms with E-state index in [2.05, 4.69) is 5.32 Å². The fourth-order valence-corrected chi connectivity index (χ4v) is 3.91. The molecule has 0 bridgehead atoms. The van der Waals surface area contributed by atoms with Crippen molar-refractivity contribution in [1.29, 1.82) is 0 Å². The fraction of sp³-hybridized carbons (Fsp3) is 0.526. The maximum atomic E-state index is 12.4. The number of carbonyl (C=O) groups is 3. The Morgan fingerprint density at radius 1 is 1.27 bits per heavy atom. The van der Waals surface area contributed by atoms with Gasteiger partial charge in [-0.2, -0.15) is 0 Å². The molecule has 2 N–H and O–H groups in total. The minimum Gasteiger partial charge on any atom is -0.495 e. The van der Waals surface area contributed by atoms with E-state index in [-0.39, 0.29) is 18.2 Å². The molecular weight excluding hydrogens is 336 g/mol. The molecule has 1 aromatic rings. The Hall–Kier alpha value is -2.57. The van der Waals surface area contributed by atoms with E-state index in [0.29, 0.717) is 42.9 Å². The number of hydrogen-bond donors (Lipinski definition) is 2. The number of hydrogen-bond acceptors (Lipinski definition) is 4.